The van der Waals surface area contributed by atoms with Gasteiger partial charge in [0.05, 0.1) is 6.04 Å². The molecule has 3 amide bonds. The highest BCUT2D eigenvalue weighted by atomic mass is 127. The van der Waals surface area contributed by atoms with Crippen LogP contribution < -0.4 is 16.9 Å². The molecule has 10 nitrogen and oxygen atoms in total. The van der Waals surface area contributed by atoms with Crippen LogP contribution in [0.3, 0.4) is 0 Å². The number of halogens is 1. The van der Waals surface area contributed by atoms with Crippen molar-refractivity contribution < 1.29 is 14.4 Å². The van der Waals surface area contributed by atoms with Crippen LogP contribution in [0.15, 0.2) is 42.6 Å². The molecule has 3 aromatic rings. The molecule has 36 heavy (non-hydrogen) atoms. The van der Waals surface area contributed by atoms with Crippen LogP contribution in [0.5, 0.6) is 0 Å². The Kier molecular flexibility index (Phi) is 7.54. The summed E-state index contributed by atoms with van der Waals surface area (Å²) in [5.41, 5.74) is 6.91. The Hall–Kier alpha value is -3.92. The van der Waals surface area contributed by atoms with Crippen molar-refractivity contribution in [1.82, 2.24) is 19.5 Å². The molecule has 0 aliphatic carbocycles. The predicted octanol–water partition coefficient (Wildman–Crippen LogP) is 2.69. The van der Waals surface area contributed by atoms with Gasteiger partial charge in [0.1, 0.15) is 11.5 Å². The molecule has 1 saturated heterocycles. The van der Waals surface area contributed by atoms with Gasteiger partial charge in [0.2, 0.25) is 0 Å². The Balaban J connectivity index is 1.65. The molecule has 2 aromatic heterocycles. The van der Waals surface area contributed by atoms with E-state index >= 15 is 0 Å². The number of hydrogen-bond donors (Lipinski definition) is 3. The molecule has 4 rings (SSSR count). The van der Waals surface area contributed by atoms with Crippen molar-refractivity contribution in [2.75, 3.05) is 17.7 Å². The molecule has 0 saturated carbocycles. The van der Waals surface area contributed by atoms with Gasteiger partial charge >= 0.3 is 0 Å². The van der Waals surface area contributed by atoms with Crippen molar-refractivity contribution in [3.05, 3.63) is 63.2 Å². The summed E-state index contributed by atoms with van der Waals surface area (Å²) >= 11 is 2.14. The second-order valence-electron chi connectivity index (χ2n) is 8.18. The second kappa shape index (κ2) is 10.8. The van der Waals surface area contributed by atoms with E-state index in [-0.39, 0.29) is 23.2 Å². The van der Waals surface area contributed by atoms with Crippen molar-refractivity contribution >= 4 is 46.1 Å². The third-order valence-electron chi connectivity index (χ3n) is 5.85. The van der Waals surface area contributed by atoms with Gasteiger partial charge in [0.25, 0.3) is 17.7 Å². The van der Waals surface area contributed by atoms with Crippen LogP contribution in [0, 0.1) is 15.4 Å². The van der Waals surface area contributed by atoms with Crippen molar-refractivity contribution in [2.45, 2.75) is 32.2 Å². The lowest BCUT2D eigenvalue weighted by Crippen LogP contribution is -2.40. The third-order valence-corrected chi connectivity index (χ3v) is 6.52. The monoisotopic (exact) mass is 597 g/mol. The molecule has 11 heteroatoms. The van der Waals surface area contributed by atoms with Gasteiger partial charge in [-0.1, -0.05) is 18.1 Å². The fourth-order valence-corrected chi connectivity index (χ4v) is 4.64. The maximum absolute atomic E-state index is 12.7. The highest BCUT2D eigenvalue weighted by molar-refractivity contribution is 14.1. The minimum Gasteiger partial charge on any atom is -0.364 e. The SMILES string of the molecule is CC#CC(=O)N1CCCC[C@H]1c1nc(-c2ccc(C(=O)Nc3cc(I)ccn3)cc2)c(C(N)=O)n1N. The summed E-state index contributed by atoms with van der Waals surface area (Å²) in [4.78, 5) is 48.0. The summed E-state index contributed by atoms with van der Waals surface area (Å²) in [7, 11) is 0. The Morgan fingerprint density at radius 3 is 2.58 bits per heavy atom. The molecule has 0 radical (unpaired) electrons. The van der Waals surface area contributed by atoms with Crippen molar-refractivity contribution in [2.24, 2.45) is 5.73 Å². The number of carbonyl (C=O) groups is 3. The van der Waals surface area contributed by atoms with E-state index in [2.05, 4.69) is 49.7 Å². The van der Waals surface area contributed by atoms with Crippen LogP contribution in [0.2, 0.25) is 0 Å². The summed E-state index contributed by atoms with van der Waals surface area (Å²) < 4.78 is 2.11. The average molecular weight is 597 g/mol. The first-order chi connectivity index (χ1) is 17.3. The van der Waals surface area contributed by atoms with Gasteiger partial charge in [-0.25, -0.2) is 14.6 Å². The normalized spacial score (nSPS) is 15.1. The number of primary amides is 1. The first-order valence-electron chi connectivity index (χ1n) is 11.2. The number of hydrogen-bond acceptors (Lipinski definition) is 6. The molecule has 1 aliphatic rings. The molecule has 1 atom stereocenters. The first kappa shape index (κ1) is 25.2. The molecule has 1 aliphatic heterocycles. The minimum atomic E-state index is -0.750. The quantitative estimate of drug-likeness (QED) is 0.234. The van der Waals surface area contributed by atoms with Gasteiger partial charge in [-0.15, -0.1) is 0 Å². The Labute approximate surface area is 221 Å². The number of carbonyl (C=O) groups excluding carboxylic acids is 3. The van der Waals surface area contributed by atoms with Crippen molar-refractivity contribution in [3.63, 3.8) is 0 Å². The van der Waals surface area contributed by atoms with E-state index in [0.29, 0.717) is 35.7 Å². The number of pyridine rings is 1. The predicted molar refractivity (Wildman–Crippen MR) is 143 cm³/mol. The van der Waals surface area contributed by atoms with Crippen LogP contribution in [-0.4, -0.2) is 43.8 Å². The number of aromatic nitrogens is 3. The first-order valence-corrected chi connectivity index (χ1v) is 12.3. The lowest BCUT2D eigenvalue weighted by atomic mass is 10.0. The summed E-state index contributed by atoms with van der Waals surface area (Å²) in [6, 6.07) is 9.72. The van der Waals surface area contributed by atoms with Crippen LogP contribution >= 0.6 is 22.6 Å². The summed E-state index contributed by atoms with van der Waals surface area (Å²) in [6.07, 6.45) is 3.97. The van der Waals surface area contributed by atoms with Crippen molar-refractivity contribution in [1.29, 1.82) is 0 Å². The topological polar surface area (TPSA) is 149 Å². The van der Waals surface area contributed by atoms with Crippen molar-refractivity contribution in [3.8, 4) is 23.1 Å². The molecular weight excluding hydrogens is 573 g/mol. The fraction of sp³-hybridized carbons (Fsp3) is 0.240. The number of nitrogens with two attached hydrogens (primary N) is 2. The van der Waals surface area contributed by atoms with Crippen LogP contribution in [0.25, 0.3) is 11.3 Å². The van der Waals surface area contributed by atoms with Gasteiger partial charge in [0.15, 0.2) is 11.5 Å². The number of nitrogen functional groups attached to an aromatic ring is 1. The van der Waals surface area contributed by atoms with E-state index in [1.165, 1.54) is 0 Å². The molecule has 1 fully saturated rings. The number of benzene rings is 1. The molecule has 184 valence electrons. The second-order valence-corrected chi connectivity index (χ2v) is 9.42. The van der Waals surface area contributed by atoms with E-state index in [9.17, 15) is 14.4 Å². The standard InChI is InChI=1S/C25H24IN7O3/c1-2-5-20(34)32-13-4-3-6-18(32)24-31-21(22(23(27)35)33(24)28)15-7-9-16(10-8-15)25(36)30-19-14-17(26)11-12-29-19/h7-12,14,18H,3-4,6,13,28H2,1H3,(H2,27,35)(H,29,30,36)/t18-/m0/s1. The molecule has 0 unspecified atom stereocenters. The Bertz CT molecular complexity index is 1390. The van der Waals surface area contributed by atoms with Crippen LogP contribution in [0.1, 0.15) is 58.9 Å². The van der Waals surface area contributed by atoms with E-state index in [0.717, 1.165) is 21.1 Å². The maximum Gasteiger partial charge on any atom is 0.299 e. The molecule has 0 spiro atoms. The number of nitrogens with one attached hydrogen (secondary N) is 1. The molecular formula is C25H24IN7O3. The maximum atomic E-state index is 12.7. The average Bonchev–Trinajstić information content (AvgIpc) is 3.21. The number of nitrogens with zero attached hydrogens (tertiary/aromatic N) is 4. The number of piperidine rings is 1. The van der Waals surface area contributed by atoms with Gasteiger partial charge < -0.3 is 21.8 Å². The minimum absolute atomic E-state index is 0.0183. The zero-order valence-electron chi connectivity index (χ0n) is 19.5. The van der Waals surface area contributed by atoms with E-state index < -0.39 is 11.9 Å². The van der Waals surface area contributed by atoms with E-state index in [1.54, 1.807) is 48.4 Å². The molecule has 0 bridgehead atoms. The molecule has 5 N–H and O–H groups in total. The lowest BCUT2D eigenvalue weighted by molar-refractivity contribution is -0.129. The Morgan fingerprint density at radius 2 is 1.92 bits per heavy atom. The van der Waals surface area contributed by atoms with E-state index in [4.69, 9.17) is 11.6 Å². The molecule has 3 heterocycles. The van der Waals surface area contributed by atoms with Gasteiger partial charge in [0, 0.05) is 27.4 Å². The van der Waals surface area contributed by atoms with Gasteiger partial charge in [-0.3, -0.25) is 14.4 Å². The lowest BCUT2D eigenvalue weighted by Gasteiger charge is -2.33. The fourth-order valence-electron chi connectivity index (χ4n) is 4.18. The van der Waals surface area contributed by atoms with Gasteiger partial charge in [-0.05, 0) is 79.0 Å². The number of likely N-dealkylation sites (tertiary alicyclic amines) is 1. The number of imidazole rings is 1. The number of rotatable bonds is 5. The highest BCUT2D eigenvalue weighted by Crippen LogP contribution is 2.33. The number of anilines is 1. The zero-order valence-corrected chi connectivity index (χ0v) is 21.7. The highest BCUT2D eigenvalue weighted by Gasteiger charge is 2.33. The summed E-state index contributed by atoms with van der Waals surface area (Å²) in [6.45, 7) is 2.12. The third kappa shape index (κ3) is 5.18. The van der Waals surface area contributed by atoms with Crippen LogP contribution in [0.4, 0.5) is 5.82 Å². The Morgan fingerprint density at radius 1 is 1.17 bits per heavy atom. The molecule has 1 aromatic carbocycles. The summed E-state index contributed by atoms with van der Waals surface area (Å²) in [5, 5.41) is 2.75. The van der Waals surface area contributed by atoms with Gasteiger partial charge in [-0.2, -0.15) is 0 Å². The summed E-state index contributed by atoms with van der Waals surface area (Å²) in [5.74, 6) is 10.9. The van der Waals surface area contributed by atoms with Crippen LogP contribution in [-0.2, 0) is 4.79 Å². The van der Waals surface area contributed by atoms with E-state index in [1.807, 2.05) is 6.07 Å². The zero-order chi connectivity index (χ0) is 25.8. The smallest absolute Gasteiger partial charge is 0.299 e. The number of amides is 3. The largest absolute Gasteiger partial charge is 0.364 e.